The molecule has 0 spiro atoms. The zero-order valence-electron chi connectivity index (χ0n) is 12.2. The first-order valence-electron chi connectivity index (χ1n) is 6.99. The first kappa shape index (κ1) is 17.4. The molecule has 1 amide bonds. The van der Waals surface area contributed by atoms with Gasteiger partial charge in [0.2, 0.25) is 5.91 Å². The number of carbonyl (C=O) groups is 1. The maximum absolute atomic E-state index is 12.4. The molecule has 0 aliphatic carbocycles. The minimum atomic E-state index is 0.142. The molecule has 0 fully saturated rings. The van der Waals surface area contributed by atoms with E-state index in [1.54, 1.807) is 0 Å². The third kappa shape index (κ3) is 6.94. The Morgan fingerprint density at radius 2 is 1.78 bits per heavy atom. The van der Waals surface area contributed by atoms with Crippen LogP contribution in [0.1, 0.15) is 53.4 Å². The van der Waals surface area contributed by atoms with Gasteiger partial charge in [-0.3, -0.25) is 4.79 Å². The predicted molar refractivity (Wildman–Crippen MR) is 81.5 cm³/mol. The Morgan fingerprint density at radius 1 is 1.22 bits per heavy atom. The van der Waals surface area contributed by atoms with Gasteiger partial charge in [0.25, 0.3) is 0 Å². The van der Waals surface area contributed by atoms with Crippen molar-refractivity contribution in [2.45, 2.75) is 53.4 Å². The standard InChI is InChI=1S/C14H28N2OS/c1-5-12(6-2)14(17)16(9-7-11(3)4)10-8-13(15)18/h11-12H,5-10H2,1-4H3,(H2,15,18). The summed E-state index contributed by atoms with van der Waals surface area (Å²) in [5, 5.41) is 0. The molecular formula is C14H28N2OS. The molecule has 0 atom stereocenters. The van der Waals surface area contributed by atoms with Gasteiger partial charge in [-0.2, -0.15) is 0 Å². The van der Waals surface area contributed by atoms with E-state index in [2.05, 4.69) is 27.7 Å². The summed E-state index contributed by atoms with van der Waals surface area (Å²) in [4.78, 5) is 14.8. The smallest absolute Gasteiger partial charge is 0.225 e. The van der Waals surface area contributed by atoms with Gasteiger partial charge in [0.1, 0.15) is 0 Å². The molecule has 0 aromatic rings. The molecule has 0 heterocycles. The van der Waals surface area contributed by atoms with E-state index in [4.69, 9.17) is 18.0 Å². The van der Waals surface area contributed by atoms with Crippen LogP contribution >= 0.6 is 12.2 Å². The average molecular weight is 272 g/mol. The van der Waals surface area contributed by atoms with Crippen LogP contribution in [0.15, 0.2) is 0 Å². The van der Waals surface area contributed by atoms with E-state index in [1.165, 1.54) is 0 Å². The molecule has 0 radical (unpaired) electrons. The van der Waals surface area contributed by atoms with Crippen LogP contribution in [-0.4, -0.2) is 28.9 Å². The Balaban J connectivity index is 4.51. The first-order chi connectivity index (χ1) is 8.42. The van der Waals surface area contributed by atoms with Gasteiger partial charge in [-0.05, 0) is 25.2 Å². The summed E-state index contributed by atoms with van der Waals surface area (Å²) in [5.74, 6) is 1.01. The Morgan fingerprint density at radius 3 is 2.17 bits per heavy atom. The van der Waals surface area contributed by atoms with Crippen molar-refractivity contribution in [2.75, 3.05) is 13.1 Å². The summed E-state index contributed by atoms with van der Waals surface area (Å²) in [6.07, 6.45) is 3.46. The molecule has 0 rings (SSSR count). The Kier molecular flexibility index (Phi) is 8.98. The maximum atomic E-state index is 12.4. The number of rotatable bonds is 9. The summed E-state index contributed by atoms with van der Waals surface area (Å²) in [6.45, 7) is 9.97. The fourth-order valence-corrected chi connectivity index (χ4v) is 1.98. The number of nitrogens with two attached hydrogens (primary N) is 1. The van der Waals surface area contributed by atoms with Crippen LogP contribution in [0.25, 0.3) is 0 Å². The van der Waals surface area contributed by atoms with E-state index in [-0.39, 0.29) is 11.8 Å². The van der Waals surface area contributed by atoms with Crippen molar-refractivity contribution in [2.24, 2.45) is 17.6 Å². The van der Waals surface area contributed by atoms with Crippen LogP contribution in [0.5, 0.6) is 0 Å². The monoisotopic (exact) mass is 272 g/mol. The van der Waals surface area contributed by atoms with Gasteiger partial charge in [0.15, 0.2) is 0 Å². The van der Waals surface area contributed by atoms with Crippen LogP contribution in [-0.2, 0) is 4.79 Å². The molecule has 0 aliphatic rings. The van der Waals surface area contributed by atoms with Gasteiger partial charge in [-0.15, -0.1) is 0 Å². The highest BCUT2D eigenvalue weighted by atomic mass is 32.1. The number of carbonyl (C=O) groups excluding carboxylic acids is 1. The SMILES string of the molecule is CCC(CC)C(=O)N(CCC(N)=S)CCC(C)C. The maximum Gasteiger partial charge on any atom is 0.225 e. The van der Waals surface area contributed by atoms with Crippen molar-refractivity contribution in [1.82, 2.24) is 4.90 Å². The van der Waals surface area contributed by atoms with Gasteiger partial charge in [0, 0.05) is 25.4 Å². The van der Waals surface area contributed by atoms with E-state index in [0.29, 0.717) is 23.9 Å². The number of nitrogens with zero attached hydrogens (tertiary/aromatic N) is 1. The van der Waals surface area contributed by atoms with E-state index in [1.807, 2.05) is 4.90 Å². The van der Waals surface area contributed by atoms with Gasteiger partial charge in [0.05, 0.1) is 4.99 Å². The molecule has 0 aromatic heterocycles. The molecular weight excluding hydrogens is 244 g/mol. The van der Waals surface area contributed by atoms with Crippen molar-refractivity contribution >= 4 is 23.1 Å². The number of thiocarbonyl (C=S) groups is 1. The highest BCUT2D eigenvalue weighted by Gasteiger charge is 2.21. The predicted octanol–water partition coefficient (Wildman–Crippen LogP) is 2.97. The lowest BCUT2D eigenvalue weighted by atomic mass is 10.0. The topological polar surface area (TPSA) is 46.3 Å². The Labute approximate surface area is 117 Å². The van der Waals surface area contributed by atoms with Gasteiger partial charge >= 0.3 is 0 Å². The molecule has 2 N–H and O–H groups in total. The molecule has 4 heteroatoms. The van der Waals surface area contributed by atoms with Gasteiger partial charge < -0.3 is 10.6 Å². The van der Waals surface area contributed by atoms with Crippen LogP contribution in [0, 0.1) is 11.8 Å². The second-order valence-electron chi connectivity index (χ2n) is 5.24. The lowest BCUT2D eigenvalue weighted by Gasteiger charge is -2.27. The number of amides is 1. The van der Waals surface area contributed by atoms with Crippen molar-refractivity contribution in [1.29, 1.82) is 0 Å². The van der Waals surface area contributed by atoms with Crippen LogP contribution in [0.2, 0.25) is 0 Å². The van der Waals surface area contributed by atoms with Gasteiger partial charge in [-0.25, -0.2) is 0 Å². The van der Waals surface area contributed by atoms with E-state index in [0.717, 1.165) is 25.8 Å². The number of hydrogen-bond acceptors (Lipinski definition) is 2. The number of hydrogen-bond donors (Lipinski definition) is 1. The largest absolute Gasteiger partial charge is 0.393 e. The minimum absolute atomic E-state index is 0.142. The zero-order chi connectivity index (χ0) is 14.1. The Hall–Kier alpha value is -0.640. The summed E-state index contributed by atoms with van der Waals surface area (Å²) < 4.78 is 0. The fraction of sp³-hybridized carbons (Fsp3) is 0.857. The Bertz CT molecular complexity index is 263. The van der Waals surface area contributed by atoms with Crippen LogP contribution in [0.3, 0.4) is 0 Å². The molecule has 0 saturated heterocycles. The highest BCUT2D eigenvalue weighted by molar-refractivity contribution is 7.80. The first-order valence-corrected chi connectivity index (χ1v) is 7.40. The van der Waals surface area contributed by atoms with Crippen LogP contribution < -0.4 is 5.73 Å². The second-order valence-corrected chi connectivity index (χ2v) is 5.76. The molecule has 0 unspecified atom stereocenters. The summed E-state index contributed by atoms with van der Waals surface area (Å²) >= 11 is 4.90. The van der Waals surface area contributed by atoms with Crippen molar-refractivity contribution in [3.05, 3.63) is 0 Å². The third-order valence-electron chi connectivity index (χ3n) is 3.25. The van der Waals surface area contributed by atoms with Crippen molar-refractivity contribution < 1.29 is 4.79 Å². The minimum Gasteiger partial charge on any atom is -0.393 e. The van der Waals surface area contributed by atoms with Crippen molar-refractivity contribution in [3.63, 3.8) is 0 Å². The molecule has 3 nitrogen and oxygen atoms in total. The summed E-state index contributed by atoms with van der Waals surface area (Å²) in [6, 6.07) is 0. The van der Waals surface area contributed by atoms with E-state index >= 15 is 0 Å². The molecule has 0 aliphatic heterocycles. The molecule has 18 heavy (non-hydrogen) atoms. The third-order valence-corrected chi connectivity index (χ3v) is 3.46. The fourth-order valence-electron chi connectivity index (χ4n) is 1.89. The normalized spacial score (nSPS) is 11.0. The molecule has 106 valence electrons. The summed E-state index contributed by atoms with van der Waals surface area (Å²) in [7, 11) is 0. The van der Waals surface area contributed by atoms with E-state index in [9.17, 15) is 4.79 Å². The second kappa shape index (κ2) is 9.31. The average Bonchev–Trinajstić information content (AvgIpc) is 2.29. The quantitative estimate of drug-likeness (QED) is 0.656. The van der Waals surface area contributed by atoms with Crippen molar-refractivity contribution in [3.8, 4) is 0 Å². The zero-order valence-corrected chi connectivity index (χ0v) is 13.1. The highest BCUT2D eigenvalue weighted by Crippen LogP contribution is 2.14. The molecule has 0 saturated carbocycles. The molecule has 0 aromatic carbocycles. The van der Waals surface area contributed by atoms with Crippen LogP contribution in [0.4, 0.5) is 0 Å². The van der Waals surface area contributed by atoms with Gasteiger partial charge in [-0.1, -0.05) is 39.9 Å². The summed E-state index contributed by atoms with van der Waals surface area (Å²) in [5.41, 5.74) is 5.53. The lowest BCUT2D eigenvalue weighted by Crippen LogP contribution is -2.38. The van der Waals surface area contributed by atoms with E-state index < -0.39 is 0 Å². The molecule has 0 bridgehead atoms. The lowest BCUT2D eigenvalue weighted by molar-refractivity contribution is -0.135.